The minimum absolute atomic E-state index is 0.143. The Morgan fingerprint density at radius 1 is 1.29 bits per heavy atom. The summed E-state index contributed by atoms with van der Waals surface area (Å²) in [6, 6.07) is 1.80. The number of rotatable bonds is 4. The van der Waals surface area contributed by atoms with Crippen molar-refractivity contribution in [2.75, 3.05) is 34.0 Å². The topological polar surface area (TPSA) is 65.1 Å². The van der Waals surface area contributed by atoms with Crippen LogP contribution in [0.3, 0.4) is 0 Å². The fourth-order valence-electron chi connectivity index (χ4n) is 2.23. The molecule has 0 aliphatic carbocycles. The van der Waals surface area contributed by atoms with Crippen LogP contribution in [0.15, 0.2) is 17.0 Å². The molecule has 1 aromatic rings. The van der Waals surface area contributed by atoms with Gasteiger partial charge in [-0.3, -0.25) is 0 Å². The molecule has 1 saturated heterocycles. The van der Waals surface area contributed by atoms with Crippen molar-refractivity contribution in [3.63, 3.8) is 0 Å². The van der Waals surface area contributed by atoms with Crippen molar-refractivity contribution in [1.29, 1.82) is 0 Å². The monoisotopic (exact) mass is 319 g/mol. The van der Waals surface area contributed by atoms with Gasteiger partial charge in [0.05, 0.1) is 27.4 Å². The Kier molecular flexibility index (Phi) is 4.70. The van der Waals surface area contributed by atoms with Gasteiger partial charge in [-0.2, -0.15) is 4.31 Å². The van der Waals surface area contributed by atoms with Gasteiger partial charge in [0, 0.05) is 24.7 Å². The van der Waals surface area contributed by atoms with E-state index in [1.165, 1.54) is 18.5 Å². The fourth-order valence-corrected chi connectivity index (χ4v) is 3.89. The molecule has 1 aliphatic rings. The summed E-state index contributed by atoms with van der Waals surface area (Å²) in [4.78, 5) is -0.422. The fraction of sp³-hybridized carbons (Fsp3) is 0.538. The molecule has 1 atom stereocenters. The second-order valence-corrected chi connectivity index (χ2v) is 6.54. The van der Waals surface area contributed by atoms with E-state index in [1.54, 1.807) is 6.92 Å². The van der Waals surface area contributed by atoms with E-state index < -0.39 is 20.7 Å². The summed E-state index contributed by atoms with van der Waals surface area (Å²) >= 11 is 0. The maximum atomic E-state index is 14.2. The Morgan fingerprint density at radius 2 is 1.90 bits per heavy atom. The highest BCUT2D eigenvalue weighted by atomic mass is 32.2. The second-order valence-electron chi connectivity index (χ2n) is 4.68. The van der Waals surface area contributed by atoms with E-state index >= 15 is 0 Å². The summed E-state index contributed by atoms with van der Waals surface area (Å²) in [5, 5.41) is 0. The van der Waals surface area contributed by atoms with Gasteiger partial charge in [-0.15, -0.1) is 0 Å². The SMILES string of the molecule is COc1cc(F)c(S(=O)(=O)N2CCOC[C@H]2C)cc1OC. The number of nitrogens with zero attached hydrogens (tertiary/aromatic N) is 1. The van der Waals surface area contributed by atoms with E-state index in [2.05, 4.69) is 0 Å². The van der Waals surface area contributed by atoms with E-state index in [1.807, 2.05) is 0 Å². The largest absolute Gasteiger partial charge is 0.493 e. The lowest BCUT2D eigenvalue weighted by atomic mass is 10.3. The molecule has 2 rings (SSSR count). The predicted octanol–water partition coefficient (Wildman–Crippen LogP) is 1.25. The van der Waals surface area contributed by atoms with Crippen LogP contribution in [0.5, 0.6) is 11.5 Å². The zero-order valence-corrected chi connectivity index (χ0v) is 12.9. The van der Waals surface area contributed by atoms with Crippen LogP contribution in [0.2, 0.25) is 0 Å². The van der Waals surface area contributed by atoms with Gasteiger partial charge in [0.25, 0.3) is 0 Å². The number of halogens is 1. The normalized spacial score (nSPS) is 20.3. The lowest BCUT2D eigenvalue weighted by Crippen LogP contribution is -2.47. The molecule has 0 aromatic heterocycles. The molecule has 1 fully saturated rings. The molecule has 0 radical (unpaired) electrons. The molecule has 0 amide bonds. The number of hydrogen-bond acceptors (Lipinski definition) is 5. The molecule has 0 unspecified atom stereocenters. The van der Waals surface area contributed by atoms with Crippen molar-refractivity contribution in [2.45, 2.75) is 17.9 Å². The first kappa shape index (κ1) is 16.0. The van der Waals surface area contributed by atoms with Gasteiger partial charge in [-0.25, -0.2) is 12.8 Å². The van der Waals surface area contributed by atoms with Crippen LogP contribution >= 0.6 is 0 Å². The minimum atomic E-state index is -3.96. The van der Waals surface area contributed by atoms with Gasteiger partial charge in [-0.1, -0.05) is 0 Å². The van der Waals surface area contributed by atoms with Crippen molar-refractivity contribution in [1.82, 2.24) is 4.31 Å². The summed E-state index contributed by atoms with van der Waals surface area (Å²) in [5.41, 5.74) is 0. The number of morpholine rings is 1. The van der Waals surface area contributed by atoms with Crippen LogP contribution in [0, 0.1) is 5.82 Å². The van der Waals surface area contributed by atoms with Crippen LogP contribution < -0.4 is 9.47 Å². The Labute approximate surface area is 123 Å². The predicted molar refractivity (Wildman–Crippen MR) is 73.7 cm³/mol. The highest BCUT2D eigenvalue weighted by molar-refractivity contribution is 7.89. The van der Waals surface area contributed by atoms with Crippen LogP contribution in [0.1, 0.15) is 6.92 Å². The molecule has 1 heterocycles. The first-order valence-corrected chi connectivity index (χ1v) is 7.87. The zero-order valence-electron chi connectivity index (χ0n) is 12.1. The Hall–Kier alpha value is -1.38. The maximum Gasteiger partial charge on any atom is 0.246 e. The molecule has 6 nitrogen and oxygen atoms in total. The van der Waals surface area contributed by atoms with Crippen molar-refractivity contribution < 1.29 is 27.0 Å². The van der Waals surface area contributed by atoms with Crippen molar-refractivity contribution in [3.8, 4) is 11.5 Å². The molecule has 0 spiro atoms. The van der Waals surface area contributed by atoms with E-state index in [9.17, 15) is 12.8 Å². The van der Waals surface area contributed by atoms with Crippen LogP contribution in [-0.2, 0) is 14.8 Å². The Morgan fingerprint density at radius 3 is 2.48 bits per heavy atom. The first-order chi connectivity index (χ1) is 9.91. The van der Waals surface area contributed by atoms with Gasteiger partial charge in [0.1, 0.15) is 10.7 Å². The lowest BCUT2D eigenvalue weighted by molar-refractivity contribution is 0.0392. The molecule has 1 aliphatic heterocycles. The summed E-state index contributed by atoms with van der Waals surface area (Å²) in [6.07, 6.45) is 0. The standard InChI is InChI=1S/C13H18FNO5S/c1-9-8-20-5-4-15(9)21(16,17)13-7-12(19-3)11(18-2)6-10(13)14/h6-7,9H,4-5,8H2,1-3H3/t9-/m1/s1. The number of sulfonamides is 1. The van der Waals surface area contributed by atoms with Gasteiger partial charge in [-0.05, 0) is 6.92 Å². The zero-order chi connectivity index (χ0) is 15.6. The van der Waals surface area contributed by atoms with Crippen molar-refractivity contribution in [3.05, 3.63) is 17.9 Å². The number of benzene rings is 1. The van der Waals surface area contributed by atoms with Crippen LogP contribution in [0.25, 0.3) is 0 Å². The third-order valence-corrected chi connectivity index (χ3v) is 5.36. The summed E-state index contributed by atoms with van der Waals surface area (Å²) in [6.45, 7) is 2.49. The lowest BCUT2D eigenvalue weighted by Gasteiger charge is -2.32. The second kappa shape index (κ2) is 6.17. The number of hydrogen-bond donors (Lipinski definition) is 0. The first-order valence-electron chi connectivity index (χ1n) is 6.43. The Balaban J connectivity index is 2.49. The highest BCUT2D eigenvalue weighted by Crippen LogP contribution is 2.33. The molecule has 0 N–H and O–H groups in total. The molecular formula is C13H18FNO5S. The van der Waals surface area contributed by atoms with Gasteiger partial charge in [0.15, 0.2) is 11.5 Å². The molecule has 1 aromatic carbocycles. The summed E-state index contributed by atoms with van der Waals surface area (Å²) in [7, 11) is -1.24. The molecule has 118 valence electrons. The highest BCUT2D eigenvalue weighted by Gasteiger charge is 2.34. The number of methoxy groups -OCH3 is 2. The molecule has 8 heteroatoms. The van der Waals surface area contributed by atoms with Crippen molar-refractivity contribution in [2.24, 2.45) is 0 Å². The van der Waals surface area contributed by atoms with Gasteiger partial charge < -0.3 is 14.2 Å². The van der Waals surface area contributed by atoms with Crippen LogP contribution in [0.4, 0.5) is 4.39 Å². The van der Waals surface area contributed by atoms with E-state index in [4.69, 9.17) is 14.2 Å². The molecule has 0 saturated carbocycles. The van der Waals surface area contributed by atoms with E-state index in [-0.39, 0.29) is 30.7 Å². The van der Waals surface area contributed by atoms with Crippen LogP contribution in [-0.4, -0.2) is 52.7 Å². The van der Waals surface area contributed by atoms with E-state index in [0.29, 0.717) is 6.61 Å². The Bertz CT molecular complexity index is 619. The maximum absolute atomic E-state index is 14.2. The van der Waals surface area contributed by atoms with Gasteiger partial charge >= 0.3 is 0 Å². The quantitative estimate of drug-likeness (QED) is 0.836. The van der Waals surface area contributed by atoms with Gasteiger partial charge in [0.2, 0.25) is 10.0 Å². The summed E-state index contributed by atoms with van der Waals surface area (Å²) < 4.78 is 55.8. The average molecular weight is 319 g/mol. The molecule has 0 bridgehead atoms. The van der Waals surface area contributed by atoms with Crippen molar-refractivity contribution >= 4 is 10.0 Å². The third-order valence-electron chi connectivity index (χ3n) is 3.33. The molecular weight excluding hydrogens is 301 g/mol. The third kappa shape index (κ3) is 2.97. The summed E-state index contributed by atoms with van der Waals surface area (Å²) in [5.74, 6) is -0.561. The molecule has 21 heavy (non-hydrogen) atoms. The van der Waals surface area contributed by atoms with E-state index in [0.717, 1.165) is 12.1 Å². The number of ether oxygens (including phenoxy) is 3. The smallest absolute Gasteiger partial charge is 0.246 e. The minimum Gasteiger partial charge on any atom is -0.493 e. The average Bonchev–Trinajstić information content (AvgIpc) is 2.46.